The maximum Gasteiger partial charge on any atom is 0.264 e. The second kappa shape index (κ2) is 4.93. The maximum atomic E-state index is 12.3. The molecule has 0 bridgehead atoms. The Morgan fingerprint density at radius 2 is 1.95 bits per heavy atom. The van der Waals surface area contributed by atoms with Crippen molar-refractivity contribution in [3.05, 3.63) is 41.0 Å². The molecule has 0 radical (unpaired) electrons. The number of sulfonamides is 1. The van der Waals surface area contributed by atoms with Crippen molar-refractivity contribution in [1.82, 2.24) is 25.0 Å². The molecule has 2 aromatic heterocycles. The smallest absolute Gasteiger partial charge is 0.247 e. The van der Waals surface area contributed by atoms with Gasteiger partial charge in [-0.2, -0.15) is 4.52 Å². The predicted octanol–water partition coefficient (Wildman–Crippen LogP) is 1.28. The molecule has 0 saturated carbocycles. The highest BCUT2D eigenvalue weighted by molar-refractivity contribution is 7.92. The molecule has 0 aliphatic rings. The number of aryl methyl sites for hydroxylation is 1. The average molecular weight is 325 g/mol. The molecule has 2 heterocycles. The second-order valence-electron chi connectivity index (χ2n) is 4.23. The third-order valence-corrected chi connectivity index (χ3v) is 4.26. The predicted molar refractivity (Wildman–Crippen MR) is 75.6 cm³/mol. The molecule has 0 atom stereocenters. The number of nitrogens with zero attached hydrogens (tertiary/aromatic N) is 5. The van der Waals surface area contributed by atoms with Crippen LogP contribution >= 0.6 is 11.6 Å². The zero-order valence-electron chi connectivity index (χ0n) is 10.7. The van der Waals surface area contributed by atoms with Gasteiger partial charge in [-0.15, -0.1) is 5.10 Å². The van der Waals surface area contributed by atoms with Gasteiger partial charge in [-0.1, -0.05) is 11.6 Å². The van der Waals surface area contributed by atoms with Crippen molar-refractivity contribution >= 4 is 33.2 Å². The van der Waals surface area contributed by atoms with Gasteiger partial charge in [0.15, 0.2) is 5.65 Å². The highest BCUT2D eigenvalue weighted by Crippen LogP contribution is 2.17. The first kappa shape index (κ1) is 13.7. The molecule has 0 amide bonds. The summed E-state index contributed by atoms with van der Waals surface area (Å²) in [5.74, 6) is 0.0185. The average Bonchev–Trinajstić information content (AvgIpc) is 2.87. The molecule has 10 heteroatoms. The van der Waals surface area contributed by atoms with E-state index in [9.17, 15) is 8.42 Å². The molecule has 0 saturated heterocycles. The van der Waals surface area contributed by atoms with Crippen LogP contribution in [-0.2, 0) is 10.0 Å². The van der Waals surface area contributed by atoms with E-state index in [0.717, 1.165) is 0 Å². The van der Waals surface area contributed by atoms with E-state index in [2.05, 4.69) is 25.2 Å². The van der Waals surface area contributed by atoms with E-state index in [4.69, 9.17) is 11.6 Å². The molecule has 0 fully saturated rings. The van der Waals surface area contributed by atoms with Crippen LogP contribution in [0.5, 0.6) is 0 Å². The fourth-order valence-corrected chi connectivity index (χ4v) is 2.84. The largest absolute Gasteiger partial charge is 0.264 e. The SMILES string of the molecule is Cc1cc2nnnn2c(NS(=O)(=O)c2ccc(Cl)cc2)n1. The van der Waals surface area contributed by atoms with Crippen molar-refractivity contribution in [3.8, 4) is 0 Å². The molecule has 1 aromatic carbocycles. The quantitative estimate of drug-likeness (QED) is 0.778. The van der Waals surface area contributed by atoms with E-state index in [1.54, 1.807) is 13.0 Å². The summed E-state index contributed by atoms with van der Waals surface area (Å²) in [5, 5.41) is 11.4. The van der Waals surface area contributed by atoms with Crippen molar-refractivity contribution < 1.29 is 8.42 Å². The molecule has 3 rings (SSSR count). The Kier molecular flexibility index (Phi) is 3.22. The van der Waals surface area contributed by atoms with E-state index in [1.807, 2.05) is 0 Å². The van der Waals surface area contributed by atoms with Gasteiger partial charge in [0, 0.05) is 16.8 Å². The topological polar surface area (TPSA) is 102 Å². The molecule has 108 valence electrons. The van der Waals surface area contributed by atoms with Crippen LogP contribution in [0.25, 0.3) is 5.65 Å². The van der Waals surface area contributed by atoms with Gasteiger partial charge in [0.2, 0.25) is 5.95 Å². The minimum Gasteiger partial charge on any atom is -0.247 e. The number of hydrogen-bond donors (Lipinski definition) is 1. The molecule has 0 aliphatic carbocycles. The summed E-state index contributed by atoms with van der Waals surface area (Å²) in [6.45, 7) is 1.72. The van der Waals surface area contributed by atoms with Crippen molar-refractivity contribution in [3.63, 3.8) is 0 Å². The Balaban J connectivity index is 2.05. The molecule has 8 nitrogen and oxygen atoms in total. The zero-order valence-corrected chi connectivity index (χ0v) is 12.3. The Hall–Kier alpha value is -2.26. The Morgan fingerprint density at radius 1 is 1.24 bits per heavy atom. The number of nitrogens with one attached hydrogen (secondary N) is 1. The van der Waals surface area contributed by atoms with Gasteiger partial charge in [-0.05, 0) is 41.6 Å². The summed E-state index contributed by atoms with van der Waals surface area (Å²) in [6, 6.07) is 7.42. The Bertz CT molecular complexity index is 906. The third-order valence-electron chi connectivity index (χ3n) is 2.66. The summed E-state index contributed by atoms with van der Waals surface area (Å²) in [7, 11) is -3.80. The van der Waals surface area contributed by atoms with Gasteiger partial charge in [0.1, 0.15) is 0 Å². The first-order valence-electron chi connectivity index (χ1n) is 5.80. The molecule has 21 heavy (non-hydrogen) atoms. The minimum atomic E-state index is -3.80. The number of halogens is 1. The lowest BCUT2D eigenvalue weighted by atomic mass is 10.4. The zero-order chi connectivity index (χ0) is 15.0. The summed E-state index contributed by atoms with van der Waals surface area (Å²) < 4.78 is 28.2. The van der Waals surface area contributed by atoms with Crippen LogP contribution in [0.2, 0.25) is 5.02 Å². The number of rotatable bonds is 3. The molecular formula is C11H9ClN6O2S. The first-order chi connectivity index (χ1) is 9.95. The van der Waals surface area contributed by atoms with E-state index < -0.39 is 10.0 Å². The maximum absolute atomic E-state index is 12.3. The van der Waals surface area contributed by atoms with Gasteiger partial charge in [-0.25, -0.2) is 18.1 Å². The molecule has 3 aromatic rings. The van der Waals surface area contributed by atoms with Gasteiger partial charge < -0.3 is 0 Å². The second-order valence-corrected chi connectivity index (χ2v) is 6.35. The van der Waals surface area contributed by atoms with E-state index in [1.165, 1.54) is 28.8 Å². The number of fused-ring (bicyclic) bond motifs is 1. The number of tetrazole rings is 1. The number of hydrogen-bond acceptors (Lipinski definition) is 6. The molecule has 0 unspecified atom stereocenters. The van der Waals surface area contributed by atoms with Gasteiger partial charge in [0.25, 0.3) is 10.0 Å². The van der Waals surface area contributed by atoms with Crippen LogP contribution in [0, 0.1) is 6.92 Å². The number of benzene rings is 1. The fourth-order valence-electron chi connectivity index (χ4n) is 1.73. The van der Waals surface area contributed by atoms with Crippen LogP contribution in [0.3, 0.4) is 0 Å². The van der Waals surface area contributed by atoms with Crippen LogP contribution in [-0.4, -0.2) is 33.4 Å². The van der Waals surface area contributed by atoms with Crippen LogP contribution in [0.1, 0.15) is 5.69 Å². The van der Waals surface area contributed by atoms with Crippen molar-refractivity contribution in [2.24, 2.45) is 0 Å². The van der Waals surface area contributed by atoms with Gasteiger partial charge in [-0.3, -0.25) is 0 Å². The first-order valence-corrected chi connectivity index (χ1v) is 7.66. The Morgan fingerprint density at radius 3 is 2.67 bits per heavy atom. The lowest BCUT2D eigenvalue weighted by molar-refractivity contribution is 0.600. The van der Waals surface area contributed by atoms with Crippen LogP contribution < -0.4 is 4.72 Å². The standard InChI is InChI=1S/C11H9ClN6O2S/c1-7-6-10-14-16-17-18(10)11(13-7)15-21(19,20)9-4-2-8(12)3-5-9/h2-6H,1H3,(H,13,15). The summed E-state index contributed by atoms with van der Waals surface area (Å²) in [5.41, 5.74) is 0.988. The highest BCUT2D eigenvalue weighted by atomic mass is 35.5. The van der Waals surface area contributed by atoms with E-state index in [-0.39, 0.29) is 10.8 Å². The van der Waals surface area contributed by atoms with Gasteiger partial charge in [0.05, 0.1) is 4.90 Å². The summed E-state index contributed by atoms with van der Waals surface area (Å²) in [4.78, 5) is 4.17. The summed E-state index contributed by atoms with van der Waals surface area (Å²) >= 11 is 5.75. The van der Waals surface area contributed by atoms with Crippen LogP contribution in [0.15, 0.2) is 35.2 Å². The lowest BCUT2D eigenvalue weighted by Crippen LogP contribution is -2.17. The van der Waals surface area contributed by atoms with Crippen LogP contribution in [0.4, 0.5) is 5.95 Å². The molecule has 0 aliphatic heterocycles. The number of aromatic nitrogens is 5. The van der Waals surface area contributed by atoms with Crippen molar-refractivity contribution in [2.75, 3.05) is 4.72 Å². The highest BCUT2D eigenvalue weighted by Gasteiger charge is 2.18. The normalized spacial score (nSPS) is 11.7. The molecule has 0 spiro atoms. The summed E-state index contributed by atoms with van der Waals surface area (Å²) in [6.07, 6.45) is 0. The minimum absolute atomic E-state index is 0.0185. The third kappa shape index (κ3) is 2.65. The van der Waals surface area contributed by atoms with Crippen molar-refractivity contribution in [2.45, 2.75) is 11.8 Å². The van der Waals surface area contributed by atoms with E-state index in [0.29, 0.717) is 16.4 Å². The fraction of sp³-hybridized carbons (Fsp3) is 0.0909. The monoisotopic (exact) mass is 324 g/mol. The Labute approximate surface area is 124 Å². The van der Waals surface area contributed by atoms with E-state index >= 15 is 0 Å². The molecular weight excluding hydrogens is 316 g/mol. The van der Waals surface area contributed by atoms with Gasteiger partial charge >= 0.3 is 0 Å². The molecule has 1 N–H and O–H groups in total. The number of anilines is 1. The lowest BCUT2D eigenvalue weighted by Gasteiger charge is -2.08. The van der Waals surface area contributed by atoms with Crippen molar-refractivity contribution in [1.29, 1.82) is 0 Å².